The van der Waals surface area contributed by atoms with Crippen molar-refractivity contribution < 1.29 is 4.79 Å². The molecule has 1 fully saturated rings. The summed E-state index contributed by atoms with van der Waals surface area (Å²) >= 11 is 0. The third kappa shape index (κ3) is 4.32. The third-order valence-corrected chi connectivity index (χ3v) is 5.37. The molecule has 4 rings (SSSR count). The van der Waals surface area contributed by atoms with E-state index in [2.05, 4.69) is 35.3 Å². The molecule has 1 aliphatic carbocycles. The highest BCUT2D eigenvalue weighted by molar-refractivity contribution is 5.93. The van der Waals surface area contributed by atoms with Crippen molar-refractivity contribution in [2.45, 2.75) is 52.0 Å². The summed E-state index contributed by atoms with van der Waals surface area (Å²) in [5.74, 6) is 1.35. The molecule has 29 heavy (non-hydrogen) atoms. The minimum Gasteiger partial charge on any atom is -0.309 e. The van der Waals surface area contributed by atoms with Gasteiger partial charge in [-0.2, -0.15) is 10.4 Å². The van der Waals surface area contributed by atoms with E-state index in [0.717, 1.165) is 42.6 Å². The Morgan fingerprint density at radius 2 is 2.14 bits per heavy atom. The van der Waals surface area contributed by atoms with Crippen molar-refractivity contribution >= 4 is 17.4 Å². The maximum absolute atomic E-state index is 12.1. The minimum absolute atomic E-state index is 0.0484. The molecule has 1 atom stereocenters. The summed E-state index contributed by atoms with van der Waals surface area (Å²) in [6.07, 6.45) is 10.0. The van der Waals surface area contributed by atoms with E-state index in [4.69, 9.17) is 0 Å². The van der Waals surface area contributed by atoms with Gasteiger partial charge in [0.25, 0.3) is 0 Å². The van der Waals surface area contributed by atoms with E-state index in [-0.39, 0.29) is 17.9 Å². The van der Waals surface area contributed by atoms with Gasteiger partial charge in [0.1, 0.15) is 5.65 Å². The van der Waals surface area contributed by atoms with E-state index in [1.54, 1.807) is 0 Å². The highest BCUT2D eigenvalue weighted by atomic mass is 16.2. The molecule has 0 aliphatic heterocycles. The number of hydrogen-bond acceptors (Lipinski definition) is 4. The first-order valence-corrected chi connectivity index (χ1v) is 10.3. The zero-order chi connectivity index (χ0) is 20.4. The van der Waals surface area contributed by atoms with Crippen LogP contribution in [0.1, 0.15) is 52.0 Å². The Bertz CT molecular complexity index is 1050. The molecule has 3 aromatic heterocycles. The average Bonchev–Trinajstić information content (AvgIpc) is 3.29. The summed E-state index contributed by atoms with van der Waals surface area (Å²) in [5, 5.41) is 16.7. The fraction of sp³-hybridized carbons (Fsp3) is 0.455. The van der Waals surface area contributed by atoms with Crippen molar-refractivity contribution in [3.05, 3.63) is 36.8 Å². The van der Waals surface area contributed by atoms with Gasteiger partial charge >= 0.3 is 0 Å². The molecule has 0 saturated heterocycles. The molecular formula is C22H26N6O. The van der Waals surface area contributed by atoms with E-state index in [0.29, 0.717) is 18.2 Å². The first kappa shape index (κ1) is 19.2. The molecule has 1 amide bonds. The third-order valence-electron chi connectivity index (χ3n) is 5.37. The van der Waals surface area contributed by atoms with E-state index in [9.17, 15) is 10.1 Å². The van der Waals surface area contributed by atoms with E-state index in [1.807, 2.05) is 45.9 Å². The summed E-state index contributed by atoms with van der Waals surface area (Å²) in [6.45, 7) is 4.38. The quantitative estimate of drug-likeness (QED) is 0.616. The number of aromatic nitrogens is 4. The fourth-order valence-corrected chi connectivity index (χ4v) is 3.51. The number of anilines is 1. The molecule has 3 heterocycles. The van der Waals surface area contributed by atoms with Gasteiger partial charge in [-0.3, -0.25) is 13.9 Å². The summed E-state index contributed by atoms with van der Waals surface area (Å²) in [4.78, 5) is 16.6. The van der Waals surface area contributed by atoms with Crippen molar-refractivity contribution in [2.24, 2.45) is 11.8 Å². The van der Waals surface area contributed by atoms with Crippen molar-refractivity contribution in [3.8, 4) is 17.3 Å². The molecule has 3 aromatic rings. The molecule has 0 bridgehead atoms. The van der Waals surface area contributed by atoms with Gasteiger partial charge in [0.2, 0.25) is 5.91 Å². The summed E-state index contributed by atoms with van der Waals surface area (Å²) in [6, 6.07) is 8.24. The van der Waals surface area contributed by atoms with Crippen LogP contribution in [0.5, 0.6) is 0 Å². The van der Waals surface area contributed by atoms with Crippen LogP contribution >= 0.6 is 0 Å². The molecular weight excluding hydrogens is 364 g/mol. The summed E-state index contributed by atoms with van der Waals surface area (Å²) in [5.41, 5.74) is 2.68. The van der Waals surface area contributed by atoms with Crippen LogP contribution in [0.3, 0.4) is 0 Å². The predicted octanol–water partition coefficient (Wildman–Crippen LogP) is 4.44. The van der Waals surface area contributed by atoms with E-state index < -0.39 is 0 Å². The molecule has 150 valence electrons. The lowest BCUT2D eigenvalue weighted by Crippen LogP contribution is -2.13. The van der Waals surface area contributed by atoms with Gasteiger partial charge in [0.15, 0.2) is 5.82 Å². The van der Waals surface area contributed by atoms with Crippen molar-refractivity contribution in [1.82, 2.24) is 19.2 Å². The number of imidazole rings is 1. The molecule has 0 aromatic carbocycles. The van der Waals surface area contributed by atoms with Crippen LogP contribution in [0.4, 0.5) is 5.82 Å². The fourth-order valence-electron chi connectivity index (χ4n) is 3.51. The Labute approximate surface area is 170 Å². The molecule has 7 heteroatoms. The monoisotopic (exact) mass is 390 g/mol. The van der Waals surface area contributed by atoms with Crippen molar-refractivity contribution in [2.75, 3.05) is 5.32 Å². The Balaban J connectivity index is 1.60. The Morgan fingerprint density at radius 1 is 1.31 bits per heavy atom. The van der Waals surface area contributed by atoms with Crippen LogP contribution in [0, 0.1) is 23.2 Å². The minimum atomic E-state index is 0.0484. The second kappa shape index (κ2) is 8.08. The lowest BCUT2D eigenvalue weighted by atomic mass is 10.0. The number of carbonyl (C=O) groups excluding carboxylic acids is 1. The SMILES string of the molecule is CC(C)CCC(CC#N)n1cc(-c2cccc3nc(NC(=O)C4CC4)cn23)cn1. The number of nitriles is 1. The smallest absolute Gasteiger partial charge is 0.228 e. The average molecular weight is 390 g/mol. The second-order valence-corrected chi connectivity index (χ2v) is 8.23. The number of hydrogen-bond donors (Lipinski definition) is 1. The normalized spacial score (nSPS) is 14.8. The highest BCUT2D eigenvalue weighted by Crippen LogP contribution is 2.30. The summed E-state index contributed by atoms with van der Waals surface area (Å²) < 4.78 is 3.88. The van der Waals surface area contributed by atoms with Gasteiger partial charge in [-0.25, -0.2) is 4.98 Å². The maximum atomic E-state index is 12.1. The molecule has 0 radical (unpaired) electrons. The topological polar surface area (TPSA) is 88.0 Å². The van der Waals surface area contributed by atoms with Crippen molar-refractivity contribution in [3.63, 3.8) is 0 Å². The predicted molar refractivity (Wildman–Crippen MR) is 111 cm³/mol. The van der Waals surface area contributed by atoms with Gasteiger partial charge in [-0.1, -0.05) is 19.9 Å². The number of nitrogens with zero attached hydrogens (tertiary/aromatic N) is 5. The van der Waals surface area contributed by atoms with Gasteiger partial charge < -0.3 is 5.32 Å². The maximum Gasteiger partial charge on any atom is 0.228 e. The number of pyridine rings is 1. The van der Waals surface area contributed by atoms with Crippen LogP contribution < -0.4 is 5.32 Å². The van der Waals surface area contributed by atoms with Gasteiger partial charge in [0, 0.05) is 17.7 Å². The first-order chi connectivity index (χ1) is 14.0. The molecule has 1 unspecified atom stereocenters. The van der Waals surface area contributed by atoms with Crippen LogP contribution in [-0.2, 0) is 4.79 Å². The van der Waals surface area contributed by atoms with Gasteiger partial charge in [-0.15, -0.1) is 0 Å². The largest absolute Gasteiger partial charge is 0.309 e. The number of carbonyl (C=O) groups is 1. The van der Waals surface area contributed by atoms with E-state index >= 15 is 0 Å². The first-order valence-electron chi connectivity index (χ1n) is 10.3. The zero-order valence-electron chi connectivity index (χ0n) is 16.9. The Morgan fingerprint density at radius 3 is 2.86 bits per heavy atom. The molecule has 7 nitrogen and oxygen atoms in total. The number of amides is 1. The van der Waals surface area contributed by atoms with Crippen molar-refractivity contribution in [1.29, 1.82) is 5.26 Å². The Kier molecular flexibility index (Phi) is 5.34. The van der Waals surface area contributed by atoms with E-state index in [1.165, 1.54) is 0 Å². The molecule has 0 spiro atoms. The van der Waals surface area contributed by atoms with Gasteiger partial charge in [-0.05, 0) is 43.7 Å². The van der Waals surface area contributed by atoms with Crippen LogP contribution in [0.25, 0.3) is 16.9 Å². The van der Waals surface area contributed by atoms with Crippen LogP contribution in [-0.4, -0.2) is 25.1 Å². The molecule has 1 N–H and O–H groups in total. The standard InChI is InChI=1S/C22H26N6O/c1-15(2)6-9-18(10-11-23)28-13-17(12-24-28)19-4-3-5-21-25-20(14-27(19)21)26-22(29)16-7-8-16/h3-5,12-16,18H,6-10H2,1-2H3,(H,26,29). The number of fused-ring (bicyclic) bond motifs is 1. The number of rotatable bonds is 8. The molecule has 1 aliphatic rings. The lowest BCUT2D eigenvalue weighted by molar-refractivity contribution is -0.117. The van der Waals surface area contributed by atoms with Crippen LogP contribution in [0.15, 0.2) is 36.8 Å². The second-order valence-electron chi connectivity index (χ2n) is 8.23. The lowest BCUT2D eigenvalue weighted by Gasteiger charge is -2.15. The van der Waals surface area contributed by atoms with Crippen LogP contribution in [0.2, 0.25) is 0 Å². The highest BCUT2D eigenvalue weighted by Gasteiger charge is 2.30. The Hall–Kier alpha value is -3.14. The zero-order valence-corrected chi connectivity index (χ0v) is 16.9. The number of nitrogens with one attached hydrogen (secondary N) is 1. The molecule has 1 saturated carbocycles. The summed E-state index contributed by atoms with van der Waals surface area (Å²) in [7, 11) is 0. The van der Waals surface area contributed by atoms with Gasteiger partial charge in [0.05, 0.1) is 36.6 Å².